The van der Waals surface area contributed by atoms with E-state index in [4.69, 9.17) is 0 Å². The molecule has 0 heterocycles. The van der Waals surface area contributed by atoms with Crippen molar-refractivity contribution in [3.8, 4) is 6.07 Å². The van der Waals surface area contributed by atoms with Crippen molar-refractivity contribution in [3.63, 3.8) is 0 Å². The van der Waals surface area contributed by atoms with Crippen LogP contribution < -0.4 is 5.32 Å². The third-order valence-electron chi connectivity index (χ3n) is 3.58. The van der Waals surface area contributed by atoms with Gasteiger partial charge in [-0.05, 0) is 28.7 Å². The SMILES string of the molecule is CC(C)(C)c1ccc(/C=C(\C#N)Nc2ccccc2[N+](=O)[O-])cc1. The molecule has 0 unspecified atom stereocenters. The van der Waals surface area contributed by atoms with E-state index in [1.807, 2.05) is 30.3 Å². The molecule has 0 amide bonds. The molecule has 0 aliphatic carbocycles. The normalized spacial score (nSPS) is 11.7. The van der Waals surface area contributed by atoms with Gasteiger partial charge in [0, 0.05) is 6.07 Å². The minimum absolute atomic E-state index is 0.0587. The van der Waals surface area contributed by atoms with Crippen LogP contribution in [0, 0.1) is 21.4 Å². The highest BCUT2D eigenvalue weighted by atomic mass is 16.6. The van der Waals surface area contributed by atoms with Crippen LogP contribution in [0.15, 0.2) is 54.2 Å². The van der Waals surface area contributed by atoms with Crippen molar-refractivity contribution >= 4 is 17.5 Å². The minimum Gasteiger partial charge on any atom is -0.341 e. The lowest BCUT2D eigenvalue weighted by Gasteiger charge is -2.18. The predicted octanol–water partition coefficient (Wildman–Crippen LogP) is 4.87. The first-order valence-corrected chi connectivity index (χ1v) is 7.54. The maximum Gasteiger partial charge on any atom is 0.292 e. The Bertz CT molecular complexity index is 810. The number of hydrogen-bond acceptors (Lipinski definition) is 4. The van der Waals surface area contributed by atoms with Gasteiger partial charge >= 0.3 is 0 Å². The number of nitrogens with one attached hydrogen (secondary N) is 1. The monoisotopic (exact) mass is 321 g/mol. The van der Waals surface area contributed by atoms with Crippen molar-refractivity contribution < 1.29 is 4.92 Å². The van der Waals surface area contributed by atoms with E-state index in [1.165, 1.54) is 11.6 Å². The van der Waals surface area contributed by atoms with Crippen molar-refractivity contribution in [2.24, 2.45) is 0 Å². The van der Waals surface area contributed by atoms with E-state index in [-0.39, 0.29) is 16.8 Å². The van der Waals surface area contributed by atoms with Gasteiger partial charge in [0.1, 0.15) is 17.5 Å². The third-order valence-corrected chi connectivity index (χ3v) is 3.58. The molecule has 0 spiro atoms. The Hall–Kier alpha value is -3.13. The largest absolute Gasteiger partial charge is 0.341 e. The molecule has 0 fully saturated rings. The first-order valence-electron chi connectivity index (χ1n) is 7.54. The Morgan fingerprint density at radius 2 is 1.79 bits per heavy atom. The molecule has 0 aliphatic heterocycles. The summed E-state index contributed by atoms with van der Waals surface area (Å²) in [5, 5.41) is 23.2. The lowest BCUT2D eigenvalue weighted by Crippen LogP contribution is -2.10. The minimum atomic E-state index is -0.477. The quantitative estimate of drug-likeness (QED) is 0.495. The second-order valence-corrected chi connectivity index (χ2v) is 6.44. The Morgan fingerprint density at radius 3 is 2.33 bits per heavy atom. The Morgan fingerprint density at radius 1 is 1.17 bits per heavy atom. The van der Waals surface area contributed by atoms with Crippen molar-refractivity contribution in [3.05, 3.63) is 75.5 Å². The smallest absolute Gasteiger partial charge is 0.292 e. The molecule has 24 heavy (non-hydrogen) atoms. The maximum atomic E-state index is 11.0. The molecule has 2 aromatic rings. The van der Waals surface area contributed by atoms with Gasteiger partial charge in [-0.25, -0.2) is 0 Å². The van der Waals surface area contributed by atoms with Gasteiger partial charge in [0.15, 0.2) is 0 Å². The summed E-state index contributed by atoms with van der Waals surface area (Å²) in [5.41, 5.74) is 2.58. The Kier molecular flexibility index (Phi) is 5.00. The first kappa shape index (κ1) is 17.2. The number of nitro groups is 1. The highest BCUT2D eigenvalue weighted by Gasteiger charge is 2.14. The number of nitriles is 1. The van der Waals surface area contributed by atoms with E-state index in [0.29, 0.717) is 5.69 Å². The highest BCUT2D eigenvalue weighted by Crippen LogP contribution is 2.26. The van der Waals surface area contributed by atoms with E-state index in [9.17, 15) is 15.4 Å². The van der Waals surface area contributed by atoms with Crippen LogP contribution in [0.3, 0.4) is 0 Å². The maximum absolute atomic E-state index is 11.0. The fourth-order valence-corrected chi connectivity index (χ4v) is 2.23. The molecule has 1 N–H and O–H groups in total. The molecule has 0 aliphatic rings. The van der Waals surface area contributed by atoms with E-state index < -0.39 is 4.92 Å². The fraction of sp³-hybridized carbons (Fsp3) is 0.211. The molecule has 2 aromatic carbocycles. The van der Waals surface area contributed by atoms with Crippen molar-refractivity contribution in [1.82, 2.24) is 0 Å². The average Bonchev–Trinajstić information content (AvgIpc) is 2.54. The van der Waals surface area contributed by atoms with E-state index in [2.05, 4.69) is 26.1 Å². The Labute approximate surface area is 141 Å². The lowest BCUT2D eigenvalue weighted by atomic mass is 9.87. The zero-order chi connectivity index (χ0) is 17.7. The standard InChI is InChI=1S/C19H19N3O2/c1-19(2,3)15-10-8-14(9-11-15)12-16(13-20)21-17-6-4-5-7-18(17)22(23)24/h4-12,21H,1-3H3/b16-12+. The summed E-state index contributed by atoms with van der Waals surface area (Å²) in [5.74, 6) is 0. The molecule has 0 saturated carbocycles. The molecule has 2 rings (SSSR count). The van der Waals surface area contributed by atoms with Crippen LogP contribution in [0.25, 0.3) is 6.08 Å². The number of rotatable bonds is 4. The number of nitrogens with zero attached hydrogens (tertiary/aromatic N) is 2. The van der Waals surface area contributed by atoms with Gasteiger partial charge in [-0.2, -0.15) is 5.26 Å². The number of allylic oxidation sites excluding steroid dienone is 1. The predicted molar refractivity (Wildman–Crippen MR) is 95.5 cm³/mol. The summed E-state index contributed by atoms with van der Waals surface area (Å²) >= 11 is 0. The fourth-order valence-electron chi connectivity index (χ4n) is 2.23. The third kappa shape index (κ3) is 4.20. The highest BCUT2D eigenvalue weighted by molar-refractivity contribution is 5.70. The van der Waals surface area contributed by atoms with E-state index >= 15 is 0 Å². The first-order chi connectivity index (χ1) is 11.3. The lowest BCUT2D eigenvalue weighted by molar-refractivity contribution is -0.383. The molecule has 0 radical (unpaired) electrons. The number of anilines is 1. The van der Waals surface area contributed by atoms with Crippen LogP contribution in [0.2, 0.25) is 0 Å². The Balaban J connectivity index is 2.28. The van der Waals surface area contributed by atoms with Crippen LogP contribution in [-0.4, -0.2) is 4.92 Å². The molecule has 0 aromatic heterocycles. The summed E-state index contributed by atoms with van der Waals surface area (Å²) in [6.07, 6.45) is 1.67. The van der Waals surface area contributed by atoms with Gasteiger partial charge in [-0.3, -0.25) is 10.1 Å². The zero-order valence-corrected chi connectivity index (χ0v) is 13.9. The van der Waals surface area contributed by atoms with Crippen LogP contribution >= 0.6 is 0 Å². The summed E-state index contributed by atoms with van der Waals surface area (Å²) in [4.78, 5) is 10.6. The van der Waals surface area contributed by atoms with E-state index in [0.717, 1.165) is 5.56 Å². The van der Waals surface area contributed by atoms with Crippen LogP contribution in [0.4, 0.5) is 11.4 Å². The van der Waals surface area contributed by atoms with Crippen LogP contribution in [0.1, 0.15) is 31.9 Å². The molecular weight excluding hydrogens is 302 g/mol. The van der Waals surface area contributed by atoms with Gasteiger partial charge in [0.25, 0.3) is 5.69 Å². The number of hydrogen-bond donors (Lipinski definition) is 1. The molecule has 0 atom stereocenters. The van der Waals surface area contributed by atoms with Gasteiger partial charge < -0.3 is 5.32 Å². The van der Waals surface area contributed by atoms with Crippen LogP contribution in [-0.2, 0) is 5.41 Å². The summed E-state index contributed by atoms with van der Waals surface area (Å²) in [7, 11) is 0. The van der Waals surface area contributed by atoms with Crippen molar-refractivity contribution in [1.29, 1.82) is 5.26 Å². The van der Waals surface area contributed by atoms with Gasteiger partial charge in [-0.15, -0.1) is 0 Å². The molecular formula is C19H19N3O2. The van der Waals surface area contributed by atoms with E-state index in [1.54, 1.807) is 24.3 Å². The van der Waals surface area contributed by atoms with Gasteiger partial charge in [0.05, 0.1) is 4.92 Å². The molecule has 5 nitrogen and oxygen atoms in total. The summed E-state index contributed by atoms with van der Waals surface area (Å²) in [6.45, 7) is 6.40. The topological polar surface area (TPSA) is 79.0 Å². The number of nitro benzene ring substituents is 1. The van der Waals surface area contributed by atoms with Gasteiger partial charge in [-0.1, -0.05) is 57.2 Å². The zero-order valence-electron chi connectivity index (χ0n) is 13.9. The number of para-hydroxylation sites is 2. The molecule has 5 heteroatoms. The van der Waals surface area contributed by atoms with Crippen molar-refractivity contribution in [2.75, 3.05) is 5.32 Å². The van der Waals surface area contributed by atoms with Crippen molar-refractivity contribution in [2.45, 2.75) is 26.2 Å². The molecule has 0 bridgehead atoms. The van der Waals surface area contributed by atoms with Gasteiger partial charge in [0.2, 0.25) is 0 Å². The second-order valence-electron chi connectivity index (χ2n) is 6.44. The molecule has 0 saturated heterocycles. The summed E-state index contributed by atoms with van der Waals surface area (Å²) < 4.78 is 0. The second kappa shape index (κ2) is 6.97. The summed E-state index contributed by atoms with van der Waals surface area (Å²) in [6, 6.07) is 16.2. The molecule has 122 valence electrons. The van der Waals surface area contributed by atoms with Crippen LogP contribution in [0.5, 0.6) is 0 Å². The number of benzene rings is 2. The average molecular weight is 321 g/mol.